The molecule has 7 heteroatoms. The number of hydrogen-bond donors (Lipinski definition) is 2. The fraction of sp³-hybridized carbons (Fsp3) is 0.684. The molecule has 0 saturated carbocycles. The van der Waals surface area contributed by atoms with Gasteiger partial charge in [-0.15, -0.1) is 0 Å². The van der Waals surface area contributed by atoms with Crippen LogP contribution in [0.5, 0.6) is 0 Å². The van der Waals surface area contributed by atoms with E-state index in [1.807, 2.05) is 19.9 Å². The first kappa shape index (κ1) is 22.2. The van der Waals surface area contributed by atoms with E-state index in [2.05, 4.69) is 11.9 Å². The van der Waals surface area contributed by atoms with Crippen molar-refractivity contribution in [3.8, 4) is 0 Å². The molecule has 1 amide bonds. The van der Waals surface area contributed by atoms with Crippen LogP contribution in [0.4, 0.5) is 4.79 Å². The molecule has 148 valence electrons. The van der Waals surface area contributed by atoms with E-state index in [0.29, 0.717) is 25.1 Å². The van der Waals surface area contributed by atoms with Crippen LogP contribution in [0.2, 0.25) is 0 Å². The largest absolute Gasteiger partial charge is 0.463 e. The minimum atomic E-state index is -0.542. The Morgan fingerprint density at radius 1 is 1.42 bits per heavy atom. The normalized spacial score (nSPS) is 23.5. The van der Waals surface area contributed by atoms with Crippen molar-refractivity contribution in [1.82, 2.24) is 5.32 Å². The van der Waals surface area contributed by atoms with Crippen LogP contribution >= 0.6 is 0 Å². The zero-order valence-corrected chi connectivity index (χ0v) is 16.0. The number of nitrogens with two attached hydrogens (primary N) is 1. The average molecular weight is 368 g/mol. The molecule has 0 spiro atoms. The van der Waals surface area contributed by atoms with Crippen molar-refractivity contribution in [2.75, 3.05) is 19.8 Å². The lowest BCUT2D eigenvalue weighted by atomic mass is 9.83. The monoisotopic (exact) mass is 368 g/mol. The molecular formula is C19H32N2O5. The lowest BCUT2D eigenvalue weighted by Gasteiger charge is -2.36. The van der Waals surface area contributed by atoms with Gasteiger partial charge in [-0.2, -0.15) is 0 Å². The highest BCUT2D eigenvalue weighted by atomic mass is 16.5. The highest BCUT2D eigenvalue weighted by Crippen LogP contribution is 2.29. The second-order valence-corrected chi connectivity index (χ2v) is 6.32. The Morgan fingerprint density at radius 3 is 2.73 bits per heavy atom. The number of ether oxygens (including phenoxy) is 3. The molecule has 0 aliphatic heterocycles. The van der Waals surface area contributed by atoms with E-state index in [4.69, 9.17) is 19.9 Å². The van der Waals surface area contributed by atoms with Crippen LogP contribution in [0.3, 0.4) is 0 Å². The van der Waals surface area contributed by atoms with Crippen LogP contribution in [0.1, 0.15) is 40.0 Å². The van der Waals surface area contributed by atoms with Crippen molar-refractivity contribution in [2.24, 2.45) is 11.7 Å². The molecule has 0 heterocycles. The van der Waals surface area contributed by atoms with Crippen molar-refractivity contribution >= 4 is 12.1 Å². The van der Waals surface area contributed by atoms with Gasteiger partial charge in [-0.05, 0) is 32.4 Å². The van der Waals surface area contributed by atoms with Crippen molar-refractivity contribution in [1.29, 1.82) is 0 Å². The summed E-state index contributed by atoms with van der Waals surface area (Å²) in [6.45, 7) is 10.2. The van der Waals surface area contributed by atoms with Gasteiger partial charge in [-0.3, -0.25) is 0 Å². The zero-order valence-electron chi connectivity index (χ0n) is 16.0. The van der Waals surface area contributed by atoms with Gasteiger partial charge < -0.3 is 25.3 Å². The standard InChI is InChI=1S/C19H32N2O5/c1-5-10-25-19(23)21-16-11-14(18(22)24-7-3)12-17(13(16)4)26-15(6-2)8-9-20/h5,12-13,15-17H,1,6-11,20H2,2-4H3,(H,21,23)/t13?,15?,16-,17+/m0/s1. The first-order valence-electron chi connectivity index (χ1n) is 9.24. The number of rotatable bonds is 10. The molecule has 3 N–H and O–H groups in total. The second kappa shape index (κ2) is 11.7. The van der Waals surface area contributed by atoms with E-state index < -0.39 is 6.09 Å². The summed E-state index contributed by atoms with van der Waals surface area (Å²) in [6, 6.07) is -0.294. The van der Waals surface area contributed by atoms with Gasteiger partial charge >= 0.3 is 12.1 Å². The third-order valence-corrected chi connectivity index (χ3v) is 4.42. The van der Waals surface area contributed by atoms with E-state index in [9.17, 15) is 9.59 Å². The quantitative estimate of drug-likeness (QED) is 0.453. The summed E-state index contributed by atoms with van der Waals surface area (Å²) in [5, 5.41) is 2.82. The molecule has 0 aromatic rings. The van der Waals surface area contributed by atoms with Crippen LogP contribution in [0.15, 0.2) is 24.3 Å². The third kappa shape index (κ3) is 6.80. The summed E-state index contributed by atoms with van der Waals surface area (Å²) in [5.74, 6) is -0.414. The Hall–Kier alpha value is -1.86. The second-order valence-electron chi connectivity index (χ2n) is 6.32. The van der Waals surface area contributed by atoms with Crippen molar-refractivity contribution in [3.05, 3.63) is 24.3 Å². The molecule has 0 bridgehead atoms. The van der Waals surface area contributed by atoms with E-state index >= 15 is 0 Å². The predicted molar refractivity (Wildman–Crippen MR) is 99.6 cm³/mol. The average Bonchev–Trinajstić information content (AvgIpc) is 2.62. The molecule has 0 aromatic carbocycles. The maximum absolute atomic E-state index is 12.2. The lowest BCUT2D eigenvalue weighted by Crippen LogP contribution is -2.48. The summed E-state index contributed by atoms with van der Waals surface area (Å²) < 4.78 is 16.3. The SMILES string of the molecule is C=CCOC(=O)N[C@H]1CC(C(=O)OCC)=C[C@@H](OC(CC)CCN)C1C. The van der Waals surface area contributed by atoms with E-state index in [0.717, 1.165) is 12.8 Å². The molecule has 0 aromatic heterocycles. The minimum absolute atomic E-state index is 0.00128. The summed E-state index contributed by atoms with van der Waals surface area (Å²) in [5.41, 5.74) is 6.15. The first-order valence-corrected chi connectivity index (χ1v) is 9.24. The Bertz CT molecular complexity index is 506. The van der Waals surface area contributed by atoms with Crippen molar-refractivity contribution in [3.63, 3.8) is 0 Å². The maximum Gasteiger partial charge on any atom is 0.407 e. The molecule has 1 aliphatic carbocycles. The number of carbonyl (C=O) groups is 2. The van der Waals surface area contributed by atoms with Gasteiger partial charge in [0.25, 0.3) is 0 Å². The minimum Gasteiger partial charge on any atom is -0.463 e. The molecule has 4 atom stereocenters. The van der Waals surface area contributed by atoms with E-state index in [1.165, 1.54) is 6.08 Å². The number of nitrogens with one attached hydrogen (secondary N) is 1. The van der Waals surface area contributed by atoms with E-state index in [-0.39, 0.29) is 36.7 Å². The maximum atomic E-state index is 12.2. The summed E-state index contributed by atoms with van der Waals surface area (Å²) in [6.07, 6.45) is 4.39. The van der Waals surface area contributed by atoms with Crippen LogP contribution in [-0.2, 0) is 19.0 Å². The Balaban J connectivity index is 2.93. The highest BCUT2D eigenvalue weighted by molar-refractivity contribution is 5.89. The number of alkyl carbamates (subject to hydrolysis) is 1. The van der Waals surface area contributed by atoms with Crippen LogP contribution < -0.4 is 11.1 Å². The van der Waals surface area contributed by atoms with Gasteiger partial charge in [0.2, 0.25) is 0 Å². The van der Waals surface area contributed by atoms with Gasteiger partial charge in [0, 0.05) is 24.0 Å². The fourth-order valence-corrected chi connectivity index (χ4v) is 2.89. The van der Waals surface area contributed by atoms with E-state index in [1.54, 1.807) is 6.92 Å². The lowest BCUT2D eigenvalue weighted by molar-refractivity contribution is -0.139. The summed E-state index contributed by atoms with van der Waals surface area (Å²) in [7, 11) is 0. The number of carbonyl (C=O) groups excluding carboxylic acids is 2. The van der Waals surface area contributed by atoms with Crippen LogP contribution in [0, 0.1) is 5.92 Å². The number of amides is 1. The molecule has 26 heavy (non-hydrogen) atoms. The summed E-state index contributed by atoms with van der Waals surface area (Å²) in [4.78, 5) is 24.1. The molecule has 1 aliphatic rings. The highest BCUT2D eigenvalue weighted by Gasteiger charge is 2.35. The molecular weight excluding hydrogens is 336 g/mol. The smallest absolute Gasteiger partial charge is 0.407 e. The summed E-state index contributed by atoms with van der Waals surface area (Å²) >= 11 is 0. The number of esters is 1. The van der Waals surface area contributed by atoms with Crippen molar-refractivity contribution in [2.45, 2.75) is 58.3 Å². The predicted octanol–water partition coefficient (Wildman–Crippen LogP) is 2.31. The van der Waals surface area contributed by atoms with Gasteiger partial charge in [-0.1, -0.05) is 26.5 Å². The fourth-order valence-electron chi connectivity index (χ4n) is 2.89. The van der Waals surface area contributed by atoms with Crippen molar-refractivity contribution < 1.29 is 23.8 Å². The molecule has 7 nitrogen and oxygen atoms in total. The van der Waals surface area contributed by atoms with Crippen LogP contribution in [0.25, 0.3) is 0 Å². The van der Waals surface area contributed by atoms with Gasteiger partial charge in [0.05, 0.1) is 18.8 Å². The molecule has 0 radical (unpaired) electrons. The molecule has 2 unspecified atom stereocenters. The molecule has 0 saturated heterocycles. The van der Waals surface area contributed by atoms with Crippen LogP contribution in [-0.4, -0.2) is 50.1 Å². The Labute approximate surface area is 155 Å². The molecule has 1 rings (SSSR count). The zero-order chi connectivity index (χ0) is 19.5. The topological polar surface area (TPSA) is 99.9 Å². The first-order chi connectivity index (χ1) is 12.5. The van der Waals surface area contributed by atoms with Gasteiger partial charge in [0.15, 0.2) is 0 Å². The Kier molecular flexibility index (Phi) is 9.98. The third-order valence-electron chi connectivity index (χ3n) is 4.42. The van der Waals surface area contributed by atoms with Gasteiger partial charge in [0.1, 0.15) is 6.61 Å². The molecule has 0 fully saturated rings. The number of hydrogen-bond acceptors (Lipinski definition) is 6. The van der Waals surface area contributed by atoms with Gasteiger partial charge in [-0.25, -0.2) is 9.59 Å². The Morgan fingerprint density at radius 2 is 2.15 bits per heavy atom.